The van der Waals surface area contributed by atoms with Gasteiger partial charge in [-0.3, -0.25) is 4.79 Å². The maximum Gasteiger partial charge on any atom is 0.241 e. The fourth-order valence-corrected chi connectivity index (χ4v) is 1.50. The number of ether oxygens (including phenoxy) is 3. The third-order valence-electron chi connectivity index (χ3n) is 2.64. The van der Waals surface area contributed by atoms with Crippen LogP contribution in [0.1, 0.15) is 6.42 Å². The van der Waals surface area contributed by atoms with Crippen LogP contribution in [0.5, 0.6) is 11.5 Å². The lowest BCUT2D eigenvalue weighted by atomic mass is 10.2. The van der Waals surface area contributed by atoms with Crippen molar-refractivity contribution in [3.8, 4) is 11.5 Å². The minimum absolute atomic E-state index is 0.277. The second kappa shape index (κ2) is 7.60. The van der Waals surface area contributed by atoms with Crippen molar-refractivity contribution in [3.05, 3.63) is 18.2 Å². The van der Waals surface area contributed by atoms with Gasteiger partial charge >= 0.3 is 0 Å². The van der Waals surface area contributed by atoms with Gasteiger partial charge in [0.05, 0.1) is 25.9 Å². The second-order valence-electron chi connectivity index (χ2n) is 3.94. The van der Waals surface area contributed by atoms with Gasteiger partial charge in [0.15, 0.2) is 0 Å². The maximum atomic E-state index is 11.9. The van der Waals surface area contributed by atoms with Crippen molar-refractivity contribution in [1.29, 1.82) is 0 Å². The molecule has 3 N–H and O–H groups in total. The third kappa shape index (κ3) is 4.42. The molecule has 0 spiro atoms. The SMILES string of the molecule is COCCC(N)C(=O)Nc1ccc(OC)cc1OC. The Morgan fingerprint density at radius 3 is 2.63 bits per heavy atom. The predicted molar refractivity (Wildman–Crippen MR) is 72.6 cm³/mol. The van der Waals surface area contributed by atoms with Crippen LogP contribution < -0.4 is 20.5 Å². The van der Waals surface area contributed by atoms with Gasteiger partial charge in [-0.25, -0.2) is 0 Å². The Morgan fingerprint density at radius 2 is 2.05 bits per heavy atom. The number of rotatable bonds is 7. The summed E-state index contributed by atoms with van der Waals surface area (Å²) in [6.45, 7) is 0.439. The van der Waals surface area contributed by atoms with E-state index in [0.29, 0.717) is 30.2 Å². The van der Waals surface area contributed by atoms with Crippen molar-refractivity contribution in [2.24, 2.45) is 5.73 Å². The largest absolute Gasteiger partial charge is 0.497 e. The lowest BCUT2D eigenvalue weighted by Gasteiger charge is -2.14. The fourth-order valence-electron chi connectivity index (χ4n) is 1.50. The highest BCUT2D eigenvalue weighted by Crippen LogP contribution is 2.29. The molecule has 0 bridgehead atoms. The standard InChI is InChI=1S/C13H20N2O4/c1-17-7-6-10(14)13(16)15-11-5-4-9(18-2)8-12(11)19-3/h4-5,8,10H,6-7,14H2,1-3H3,(H,15,16). The molecule has 6 nitrogen and oxygen atoms in total. The Morgan fingerprint density at radius 1 is 1.32 bits per heavy atom. The van der Waals surface area contributed by atoms with Gasteiger partial charge in [0.2, 0.25) is 5.91 Å². The first-order valence-corrected chi connectivity index (χ1v) is 5.89. The molecule has 106 valence electrons. The molecule has 1 unspecified atom stereocenters. The van der Waals surface area contributed by atoms with Crippen LogP contribution in [-0.2, 0) is 9.53 Å². The number of hydrogen-bond acceptors (Lipinski definition) is 5. The van der Waals surface area contributed by atoms with Crippen LogP contribution in [0.15, 0.2) is 18.2 Å². The number of nitrogens with two attached hydrogens (primary N) is 1. The molecule has 0 aliphatic rings. The molecule has 19 heavy (non-hydrogen) atoms. The minimum atomic E-state index is -0.619. The summed E-state index contributed by atoms with van der Waals surface area (Å²) in [4.78, 5) is 11.9. The predicted octanol–water partition coefficient (Wildman–Crippen LogP) is 1.01. The molecule has 1 atom stereocenters. The van der Waals surface area contributed by atoms with E-state index in [0.717, 1.165) is 0 Å². The molecule has 1 amide bonds. The number of amides is 1. The van der Waals surface area contributed by atoms with Crippen LogP contribution >= 0.6 is 0 Å². The molecule has 1 rings (SSSR count). The van der Waals surface area contributed by atoms with E-state index in [9.17, 15) is 4.79 Å². The van der Waals surface area contributed by atoms with E-state index in [1.54, 1.807) is 32.4 Å². The number of hydrogen-bond donors (Lipinski definition) is 2. The quantitative estimate of drug-likeness (QED) is 0.771. The van der Waals surface area contributed by atoms with Gasteiger partial charge in [0.25, 0.3) is 0 Å². The van der Waals surface area contributed by atoms with Crippen molar-refractivity contribution >= 4 is 11.6 Å². The Labute approximate surface area is 112 Å². The normalized spacial score (nSPS) is 11.8. The molecule has 1 aromatic rings. The number of methoxy groups -OCH3 is 3. The summed E-state index contributed by atoms with van der Waals surface area (Å²) in [6.07, 6.45) is 0.459. The highest BCUT2D eigenvalue weighted by atomic mass is 16.5. The van der Waals surface area contributed by atoms with Crippen LogP contribution in [0.2, 0.25) is 0 Å². The van der Waals surface area contributed by atoms with Crippen LogP contribution in [0, 0.1) is 0 Å². The summed E-state index contributed by atoms with van der Waals surface area (Å²) < 4.78 is 15.2. The summed E-state index contributed by atoms with van der Waals surface area (Å²) >= 11 is 0. The van der Waals surface area contributed by atoms with Gasteiger partial charge in [-0.15, -0.1) is 0 Å². The Bertz CT molecular complexity index is 423. The summed E-state index contributed by atoms with van der Waals surface area (Å²) in [7, 11) is 4.65. The van der Waals surface area contributed by atoms with Crippen molar-refractivity contribution < 1.29 is 19.0 Å². The molecule has 0 saturated heterocycles. The molecule has 1 aromatic carbocycles. The molecule has 0 heterocycles. The second-order valence-corrected chi connectivity index (χ2v) is 3.94. The van der Waals surface area contributed by atoms with E-state index in [-0.39, 0.29) is 5.91 Å². The highest BCUT2D eigenvalue weighted by molar-refractivity contribution is 5.96. The number of benzene rings is 1. The molecule has 0 aliphatic heterocycles. The lowest BCUT2D eigenvalue weighted by molar-refractivity contribution is -0.117. The Hall–Kier alpha value is -1.79. The minimum Gasteiger partial charge on any atom is -0.497 e. The summed E-state index contributed by atoms with van der Waals surface area (Å²) in [5.74, 6) is 0.894. The van der Waals surface area contributed by atoms with Crippen LogP contribution in [0.3, 0.4) is 0 Å². The molecular weight excluding hydrogens is 248 g/mol. The topological polar surface area (TPSA) is 82.8 Å². The molecular formula is C13H20N2O4. The van der Waals surface area contributed by atoms with Crippen LogP contribution in [0.25, 0.3) is 0 Å². The number of nitrogens with one attached hydrogen (secondary N) is 1. The number of carbonyl (C=O) groups is 1. The van der Waals surface area contributed by atoms with Gasteiger partial charge < -0.3 is 25.3 Å². The van der Waals surface area contributed by atoms with E-state index in [1.165, 1.54) is 7.11 Å². The zero-order valence-electron chi connectivity index (χ0n) is 11.4. The van der Waals surface area contributed by atoms with Gasteiger partial charge in [-0.05, 0) is 18.6 Å². The average molecular weight is 268 g/mol. The van der Waals surface area contributed by atoms with E-state index < -0.39 is 6.04 Å². The maximum absolute atomic E-state index is 11.9. The fraction of sp³-hybridized carbons (Fsp3) is 0.462. The van der Waals surface area contributed by atoms with Crippen LogP contribution in [-0.4, -0.2) is 39.9 Å². The first kappa shape index (κ1) is 15.3. The van der Waals surface area contributed by atoms with E-state index >= 15 is 0 Å². The van der Waals surface area contributed by atoms with E-state index in [2.05, 4.69) is 5.32 Å². The summed E-state index contributed by atoms with van der Waals surface area (Å²) in [5, 5.41) is 2.72. The first-order chi connectivity index (χ1) is 9.12. The smallest absolute Gasteiger partial charge is 0.241 e. The number of carbonyl (C=O) groups excluding carboxylic acids is 1. The van der Waals surface area contributed by atoms with Crippen LogP contribution in [0.4, 0.5) is 5.69 Å². The Kier molecular flexibility index (Phi) is 6.11. The zero-order chi connectivity index (χ0) is 14.3. The molecule has 0 fully saturated rings. The first-order valence-electron chi connectivity index (χ1n) is 5.89. The molecule has 0 aliphatic carbocycles. The third-order valence-corrected chi connectivity index (χ3v) is 2.64. The molecule has 6 heteroatoms. The zero-order valence-corrected chi connectivity index (χ0v) is 11.4. The van der Waals surface area contributed by atoms with Gasteiger partial charge in [-0.2, -0.15) is 0 Å². The summed E-state index contributed by atoms with van der Waals surface area (Å²) in [5.41, 5.74) is 6.30. The number of anilines is 1. The molecule has 0 saturated carbocycles. The van der Waals surface area contributed by atoms with Gasteiger partial charge in [0.1, 0.15) is 11.5 Å². The van der Waals surface area contributed by atoms with Crippen molar-refractivity contribution in [2.75, 3.05) is 33.3 Å². The van der Waals surface area contributed by atoms with Crippen molar-refractivity contribution in [2.45, 2.75) is 12.5 Å². The summed E-state index contributed by atoms with van der Waals surface area (Å²) in [6, 6.07) is 4.51. The molecule has 0 radical (unpaired) electrons. The van der Waals surface area contributed by atoms with Crippen molar-refractivity contribution in [1.82, 2.24) is 0 Å². The average Bonchev–Trinajstić information content (AvgIpc) is 2.44. The van der Waals surface area contributed by atoms with E-state index in [4.69, 9.17) is 19.9 Å². The molecule has 0 aromatic heterocycles. The van der Waals surface area contributed by atoms with E-state index in [1.807, 2.05) is 0 Å². The van der Waals surface area contributed by atoms with Crippen molar-refractivity contribution in [3.63, 3.8) is 0 Å². The van der Waals surface area contributed by atoms with Gasteiger partial charge in [0, 0.05) is 19.8 Å². The highest BCUT2D eigenvalue weighted by Gasteiger charge is 2.15. The van der Waals surface area contributed by atoms with Gasteiger partial charge in [-0.1, -0.05) is 0 Å². The lowest BCUT2D eigenvalue weighted by Crippen LogP contribution is -2.36. The monoisotopic (exact) mass is 268 g/mol. The Balaban J connectivity index is 2.73.